The highest BCUT2D eigenvalue weighted by molar-refractivity contribution is 7.10. The summed E-state index contributed by atoms with van der Waals surface area (Å²) in [4.78, 5) is 31.0. The van der Waals surface area contributed by atoms with Gasteiger partial charge in [-0.1, -0.05) is 26.0 Å². The normalized spacial score (nSPS) is 38.7. The van der Waals surface area contributed by atoms with Crippen molar-refractivity contribution in [1.82, 2.24) is 10.2 Å². The van der Waals surface area contributed by atoms with E-state index in [0.717, 1.165) is 32.1 Å². The molecular weight excluding hydrogens is 484 g/mol. The molecule has 4 nitrogen and oxygen atoms in total. The molecule has 8 atom stereocenters. The molecular formula is C30H40N2O2S2. The minimum absolute atomic E-state index is 0.0554. The van der Waals surface area contributed by atoms with Gasteiger partial charge in [0.05, 0.1) is 6.04 Å². The second-order valence-electron chi connectivity index (χ2n) is 12.5. The highest BCUT2D eigenvalue weighted by Crippen LogP contribution is 2.66. The third-order valence-electron chi connectivity index (χ3n) is 11.1. The molecule has 6 heteroatoms. The molecule has 0 aromatic carbocycles. The maximum Gasteiger partial charge on any atom is 0.224 e. The molecule has 36 heavy (non-hydrogen) atoms. The summed E-state index contributed by atoms with van der Waals surface area (Å²) >= 11 is 3.52. The molecule has 4 aliphatic rings. The van der Waals surface area contributed by atoms with Crippen LogP contribution in [0.1, 0.15) is 81.0 Å². The van der Waals surface area contributed by atoms with Crippen molar-refractivity contribution in [3.8, 4) is 0 Å². The van der Waals surface area contributed by atoms with Gasteiger partial charge in [-0.05, 0) is 96.4 Å². The Morgan fingerprint density at radius 1 is 1.03 bits per heavy atom. The standard InChI is InChI=1S/C30H40N2O2S2/c1-29-14-12-22-20(8-11-26-30(22,2)15-13-27(33)32(26)3)21(29)9-10-23(29)28(34)31-24(25-7-5-17-36-25)18-19-6-4-16-35-19/h4-7,16-17,20-24,26H,8-15,18H2,1-3H3,(H,31,34)/t20-,21-,22-,23+,24?,26+,29-,30+/m0/s1. The number of likely N-dealkylation sites (tertiary alicyclic amines) is 1. The number of nitrogens with zero attached hydrogens (tertiary/aromatic N) is 1. The van der Waals surface area contributed by atoms with Crippen LogP contribution < -0.4 is 5.32 Å². The van der Waals surface area contributed by atoms with Crippen molar-refractivity contribution in [1.29, 1.82) is 0 Å². The molecule has 3 saturated carbocycles. The van der Waals surface area contributed by atoms with Crippen LogP contribution in [0.25, 0.3) is 0 Å². The fourth-order valence-corrected chi connectivity index (χ4v) is 10.7. The average molecular weight is 525 g/mol. The lowest BCUT2D eigenvalue weighted by molar-refractivity contribution is -0.159. The van der Waals surface area contributed by atoms with Crippen LogP contribution in [-0.2, 0) is 16.0 Å². The smallest absolute Gasteiger partial charge is 0.224 e. The van der Waals surface area contributed by atoms with Gasteiger partial charge >= 0.3 is 0 Å². The quantitative estimate of drug-likeness (QED) is 0.474. The predicted octanol–water partition coefficient (Wildman–Crippen LogP) is 6.69. The van der Waals surface area contributed by atoms with Crippen molar-refractivity contribution in [3.63, 3.8) is 0 Å². The lowest BCUT2D eigenvalue weighted by Gasteiger charge is -2.61. The summed E-state index contributed by atoms with van der Waals surface area (Å²) in [5, 5.41) is 7.77. The summed E-state index contributed by atoms with van der Waals surface area (Å²) in [5.74, 6) is 2.72. The lowest BCUT2D eigenvalue weighted by Crippen LogP contribution is -2.61. The van der Waals surface area contributed by atoms with Crippen molar-refractivity contribution in [2.45, 2.75) is 83.7 Å². The van der Waals surface area contributed by atoms with Crippen molar-refractivity contribution in [2.24, 2.45) is 34.5 Å². The maximum atomic E-state index is 13.9. The van der Waals surface area contributed by atoms with Crippen molar-refractivity contribution in [3.05, 3.63) is 44.8 Å². The van der Waals surface area contributed by atoms with Crippen LogP contribution in [0, 0.1) is 34.5 Å². The van der Waals surface area contributed by atoms with Gasteiger partial charge in [0, 0.05) is 41.6 Å². The molecule has 6 rings (SSSR count). The Labute approximate surface area is 223 Å². The largest absolute Gasteiger partial charge is 0.348 e. The topological polar surface area (TPSA) is 49.4 Å². The van der Waals surface area contributed by atoms with Crippen LogP contribution in [0.5, 0.6) is 0 Å². The summed E-state index contributed by atoms with van der Waals surface area (Å²) in [5.41, 5.74) is 0.325. The molecule has 0 bridgehead atoms. The molecule has 0 spiro atoms. The number of thiophene rings is 2. The number of piperidine rings is 1. The minimum Gasteiger partial charge on any atom is -0.348 e. The van der Waals surface area contributed by atoms with Gasteiger partial charge in [-0.25, -0.2) is 0 Å². The van der Waals surface area contributed by atoms with Crippen LogP contribution in [0.3, 0.4) is 0 Å². The number of fused-ring (bicyclic) bond motifs is 5. The van der Waals surface area contributed by atoms with E-state index in [1.807, 2.05) is 7.05 Å². The van der Waals surface area contributed by atoms with E-state index in [2.05, 4.69) is 59.1 Å². The van der Waals surface area contributed by atoms with E-state index in [-0.39, 0.29) is 28.7 Å². The molecule has 0 radical (unpaired) electrons. The Balaban J connectivity index is 1.20. The third-order valence-corrected chi connectivity index (χ3v) is 12.9. The van der Waals surface area contributed by atoms with Crippen molar-refractivity contribution >= 4 is 34.5 Å². The lowest BCUT2D eigenvalue weighted by atomic mass is 9.47. The minimum atomic E-state index is 0.0554. The van der Waals surface area contributed by atoms with E-state index < -0.39 is 0 Å². The molecule has 4 fully saturated rings. The van der Waals surface area contributed by atoms with Gasteiger partial charge in [0.1, 0.15) is 0 Å². The summed E-state index contributed by atoms with van der Waals surface area (Å²) in [7, 11) is 2.04. The zero-order valence-corrected chi connectivity index (χ0v) is 23.5. The summed E-state index contributed by atoms with van der Waals surface area (Å²) in [6.07, 6.45) is 9.51. The molecule has 1 aliphatic heterocycles. The Morgan fingerprint density at radius 2 is 1.81 bits per heavy atom. The Hall–Kier alpha value is -1.66. The van der Waals surface area contributed by atoms with Crippen LogP contribution in [0.4, 0.5) is 0 Å². The van der Waals surface area contributed by atoms with Gasteiger partial charge in [0.2, 0.25) is 11.8 Å². The number of nitrogens with one attached hydrogen (secondary N) is 1. The first-order chi connectivity index (χ1) is 17.3. The van der Waals surface area contributed by atoms with Gasteiger partial charge < -0.3 is 10.2 Å². The molecule has 3 heterocycles. The molecule has 1 N–H and O–H groups in total. The van der Waals surface area contributed by atoms with Gasteiger partial charge in [0.15, 0.2) is 0 Å². The molecule has 2 aromatic rings. The highest BCUT2D eigenvalue weighted by atomic mass is 32.1. The second kappa shape index (κ2) is 9.27. The Kier molecular flexibility index (Phi) is 6.35. The van der Waals surface area contributed by atoms with Crippen molar-refractivity contribution < 1.29 is 9.59 Å². The monoisotopic (exact) mass is 524 g/mol. The predicted molar refractivity (Wildman–Crippen MR) is 147 cm³/mol. The van der Waals surface area contributed by atoms with E-state index in [0.29, 0.717) is 36.1 Å². The number of rotatable bonds is 5. The van der Waals surface area contributed by atoms with E-state index in [1.54, 1.807) is 22.7 Å². The summed E-state index contributed by atoms with van der Waals surface area (Å²) < 4.78 is 0. The highest BCUT2D eigenvalue weighted by Gasteiger charge is 2.62. The average Bonchev–Trinajstić information content (AvgIpc) is 3.62. The van der Waals surface area contributed by atoms with Crippen molar-refractivity contribution in [2.75, 3.05) is 7.05 Å². The number of hydrogen-bond acceptors (Lipinski definition) is 4. The first-order valence-electron chi connectivity index (χ1n) is 13.9. The van der Waals surface area contributed by atoms with Crippen LogP contribution in [0.2, 0.25) is 0 Å². The van der Waals surface area contributed by atoms with Crippen LogP contribution in [0.15, 0.2) is 35.0 Å². The van der Waals surface area contributed by atoms with Gasteiger partial charge in [-0.15, -0.1) is 22.7 Å². The summed E-state index contributed by atoms with van der Waals surface area (Å²) in [6, 6.07) is 8.99. The fourth-order valence-electron chi connectivity index (χ4n) is 9.20. The van der Waals surface area contributed by atoms with Crippen LogP contribution >= 0.6 is 22.7 Å². The zero-order chi connectivity index (χ0) is 25.1. The molecule has 1 saturated heterocycles. The first kappa shape index (κ1) is 24.7. The zero-order valence-electron chi connectivity index (χ0n) is 21.9. The van der Waals surface area contributed by atoms with Gasteiger partial charge in [-0.2, -0.15) is 0 Å². The molecule has 1 unspecified atom stereocenters. The maximum absolute atomic E-state index is 13.9. The fraction of sp³-hybridized carbons (Fsp3) is 0.667. The molecule has 194 valence electrons. The van der Waals surface area contributed by atoms with E-state index in [9.17, 15) is 9.59 Å². The van der Waals surface area contributed by atoms with E-state index in [1.165, 1.54) is 29.0 Å². The number of hydrogen-bond donors (Lipinski definition) is 1. The van der Waals surface area contributed by atoms with Crippen LogP contribution in [-0.4, -0.2) is 29.8 Å². The molecule has 3 aliphatic carbocycles. The first-order valence-corrected chi connectivity index (χ1v) is 15.7. The molecule has 2 aromatic heterocycles. The number of carbonyl (C=O) groups is 2. The SMILES string of the molecule is CN1C(=O)CC[C@]2(C)[C@H]3CC[C@]4(C)[C@@H](C(=O)NC(Cc5cccs5)c5cccs5)CC[C@H]4[C@@H]3CC[C@@H]12. The van der Waals surface area contributed by atoms with Gasteiger partial charge in [0.25, 0.3) is 0 Å². The van der Waals surface area contributed by atoms with E-state index >= 15 is 0 Å². The van der Waals surface area contributed by atoms with Gasteiger partial charge in [-0.3, -0.25) is 9.59 Å². The Morgan fingerprint density at radius 3 is 2.56 bits per heavy atom. The summed E-state index contributed by atoms with van der Waals surface area (Å²) in [6.45, 7) is 4.92. The third kappa shape index (κ3) is 3.89. The van der Waals surface area contributed by atoms with E-state index in [4.69, 9.17) is 0 Å². The Bertz CT molecular complexity index is 1100. The molecule has 2 amide bonds. The number of amides is 2. The number of carbonyl (C=O) groups excluding carboxylic acids is 2. The second-order valence-corrected chi connectivity index (χ2v) is 14.5.